The van der Waals surface area contributed by atoms with Crippen LogP contribution in [0, 0.1) is 13.8 Å². The molecule has 1 N–H and O–H groups in total. The number of Topliss-reactive ketones (excluding diaryl/α,β-unsaturated/α-hetero) is 1. The molecule has 1 amide bonds. The van der Waals surface area contributed by atoms with E-state index >= 15 is 0 Å². The Morgan fingerprint density at radius 3 is 2.56 bits per heavy atom. The third-order valence-electron chi connectivity index (χ3n) is 6.63. The second-order valence-corrected chi connectivity index (χ2v) is 9.89. The maximum Gasteiger partial charge on any atom is 0.264 e. The largest absolute Gasteiger partial charge is 0.375 e. The van der Waals surface area contributed by atoms with Gasteiger partial charge < -0.3 is 10.0 Å². The molecule has 0 fully saturated rings. The van der Waals surface area contributed by atoms with Crippen molar-refractivity contribution < 1.29 is 14.7 Å². The van der Waals surface area contributed by atoms with Crippen LogP contribution in [0.5, 0.6) is 0 Å². The van der Waals surface area contributed by atoms with Crippen LogP contribution < -0.4 is 4.90 Å². The molecular weight excluding hydrogens is 490 g/mol. The van der Waals surface area contributed by atoms with Crippen LogP contribution in [-0.2, 0) is 16.9 Å². The molecule has 4 aromatic carbocycles. The Morgan fingerprint density at radius 1 is 0.971 bits per heavy atom. The van der Waals surface area contributed by atoms with Gasteiger partial charge in [0.1, 0.15) is 0 Å². The van der Waals surface area contributed by atoms with Gasteiger partial charge in [0.25, 0.3) is 5.91 Å². The SMILES string of the molecule is Cc1ccc(C)c(CN2C(=O)[C@@](O)(CC(=O)c3cccc4ccccc34)c3cc(Br)ccc32)c1. The summed E-state index contributed by atoms with van der Waals surface area (Å²) in [5.41, 5.74) is 2.82. The van der Waals surface area contributed by atoms with Crippen molar-refractivity contribution >= 4 is 44.1 Å². The molecule has 1 heterocycles. The van der Waals surface area contributed by atoms with Crippen molar-refractivity contribution in [3.8, 4) is 0 Å². The van der Waals surface area contributed by atoms with E-state index < -0.39 is 11.5 Å². The lowest BCUT2D eigenvalue weighted by Gasteiger charge is -2.23. The van der Waals surface area contributed by atoms with Crippen LogP contribution in [0.25, 0.3) is 10.8 Å². The summed E-state index contributed by atoms with van der Waals surface area (Å²) in [6.07, 6.45) is -0.327. The molecule has 4 nitrogen and oxygen atoms in total. The van der Waals surface area contributed by atoms with Gasteiger partial charge in [0.2, 0.25) is 0 Å². The molecule has 4 aromatic rings. The quantitative estimate of drug-likeness (QED) is 0.322. The lowest BCUT2D eigenvalue weighted by Crippen LogP contribution is -2.41. The number of fused-ring (bicyclic) bond motifs is 2. The number of hydrogen-bond donors (Lipinski definition) is 1. The monoisotopic (exact) mass is 513 g/mol. The number of nitrogens with zero attached hydrogens (tertiary/aromatic N) is 1. The number of aliphatic hydroxyl groups is 1. The zero-order chi connectivity index (χ0) is 24.0. The highest BCUT2D eigenvalue weighted by Gasteiger charge is 2.51. The van der Waals surface area contributed by atoms with Gasteiger partial charge >= 0.3 is 0 Å². The lowest BCUT2D eigenvalue weighted by molar-refractivity contribution is -0.136. The van der Waals surface area contributed by atoms with Crippen molar-refractivity contribution in [1.82, 2.24) is 0 Å². The molecule has 0 bridgehead atoms. The van der Waals surface area contributed by atoms with Gasteiger partial charge in [0.15, 0.2) is 11.4 Å². The summed E-state index contributed by atoms with van der Waals surface area (Å²) in [7, 11) is 0. The third kappa shape index (κ3) is 3.75. The molecule has 0 spiro atoms. The van der Waals surface area contributed by atoms with E-state index in [1.54, 1.807) is 17.0 Å². The molecule has 5 rings (SSSR count). The van der Waals surface area contributed by atoms with Gasteiger partial charge in [-0.15, -0.1) is 0 Å². The minimum absolute atomic E-state index is 0.271. The number of carbonyl (C=O) groups excluding carboxylic acids is 2. The van der Waals surface area contributed by atoms with Gasteiger partial charge in [-0.1, -0.05) is 82.2 Å². The van der Waals surface area contributed by atoms with Crippen LogP contribution in [0.2, 0.25) is 0 Å². The van der Waals surface area contributed by atoms with Crippen LogP contribution in [0.3, 0.4) is 0 Å². The number of amides is 1. The Balaban J connectivity index is 1.55. The number of hydrogen-bond acceptors (Lipinski definition) is 3. The Morgan fingerprint density at radius 2 is 1.74 bits per heavy atom. The summed E-state index contributed by atoms with van der Waals surface area (Å²) >= 11 is 3.46. The van der Waals surface area contributed by atoms with Gasteiger partial charge in [0, 0.05) is 15.6 Å². The zero-order valence-electron chi connectivity index (χ0n) is 19.0. The first-order valence-electron chi connectivity index (χ1n) is 11.2. The maximum atomic E-state index is 13.7. The van der Waals surface area contributed by atoms with Gasteiger partial charge in [-0.2, -0.15) is 0 Å². The van der Waals surface area contributed by atoms with Crippen molar-refractivity contribution in [3.63, 3.8) is 0 Å². The fraction of sp³-hybridized carbons (Fsp3) is 0.172. The normalized spacial score (nSPS) is 17.3. The molecule has 0 saturated carbocycles. The van der Waals surface area contributed by atoms with Crippen molar-refractivity contribution in [3.05, 3.63) is 111 Å². The summed E-state index contributed by atoms with van der Waals surface area (Å²) in [4.78, 5) is 28.8. The average molecular weight is 514 g/mol. The average Bonchev–Trinajstić information content (AvgIpc) is 3.02. The zero-order valence-corrected chi connectivity index (χ0v) is 20.6. The standard InChI is InChI=1S/C29H24BrNO3/c1-18-10-11-19(2)21(14-18)17-31-26-13-12-22(30)15-25(26)29(34,28(31)33)16-27(32)24-9-5-7-20-6-3-4-8-23(20)24/h3-15,34H,16-17H2,1-2H3/t29-/m1/s1. The molecule has 1 aliphatic rings. The maximum absolute atomic E-state index is 13.7. The first kappa shape index (κ1) is 22.5. The summed E-state index contributed by atoms with van der Waals surface area (Å²) in [5, 5.41) is 13.5. The van der Waals surface area contributed by atoms with Gasteiger partial charge in [-0.25, -0.2) is 0 Å². The van der Waals surface area contributed by atoms with Crippen molar-refractivity contribution in [1.29, 1.82) is 0 Å². The summed E-state index contributed by atoms with van der Waals surface area (Å²) < 4.78 is 0.740. The van der Waals surface area contributed by atoms with Crippen LogP contribution >= 0.6 is 15.9 Å². The number of benzene rings is 4. The fourth-order valence-corrected chi connectivity index (χ4v) is 5.15. The van der Waals surface area contributed by atoms with Crippen molar-refractivity contribution in [2.45, 2.75) is 32.4 Å². The highest BCUT2D eigenvalue weighted by Crippen LogP contribution is 2.45. The highest BCUT2D eigenvalue weighted by atomic mass is 79.9. The number of anilines is 1. The van der Waals surface area contributed by atoms with Crippen LogP contribution in [0.15, 0.2) is 83.3 Å². The lowest BCUT2D eigenvalue weighted by atomic mass is 9.87. The van der Waals surface area contributed by atoms with Gasteiger partial charge in [-0.05, 0) is 53.9 Å². The topological polar surface area (TPSA) is 57.6 Å². The first-order valence-corrected chi connectivity index (χ1v) is 12.0. The number of carbonyl (C=O) groups is 2. The molecule has 0 aromatic heterocycles. The molecular formula is C29H24BrNO3. The summed E-state index contributed by atoms with van der Waals surface area (Å²) in [6, 6.07) is 24.7. The highest BCUT2D eigenvalue weighted by molar-refractivity contribution is 9.10. The Kier molecular flexibility index (Phi) is 5.62. The van der Waals surface area contributed by atoms with Crippen LogP contribution in [0.4, 0.5) is 5.69 Å². The predicted molar refractivity (Wildman–Crippen MR) is 138 cm³/mol. The van der Waals surface area contributed by atoms with Crippen LogP contribution in [-0.4, -0.2) is 16.8 Å². The number of halogens is 1. The Hall–Kier alpha value is -3.28. The van der Waals surface area contributed by atoms with Crippen molar-refractivity contribution in [2.75, 3.05) is 4.90 Å². The van der Waals surface area contributed by atoms with Gasteiger partial charge in [0.05, 0.1) is 18.7 Å². The molecule has 5 heteroatoms. The predicted octanol–water partition coefficient (Wildman–Crippen LogP) is 6.23. The molecule has 0 radical (unpaired) electrons. The molecule has 0 unspecified atom stereocenters. The second kappa shape index (κ2) is 8.49. The smallest absolute Gasteiger partial charge is 0.264 e. The van der Waals surface area contributed by atoms with E-state index in [1.165, 1.54) is 0 Å². The Bertz CT molecular complexity index is 1460. The van der Waals surface area contributed by atoms with Gasteiger partial charge in [-0.3, -0.25) is 9.59 Å². The number of rotatable bonds is 5. The molecule has 0 saturated heterocycles. The van der Waals surface area contributed by atoms with Crippen molar-refractivity contribution in [2.24, 2.45) is 0 Å². The number of aryl methyl sites for hydroxylation is 2. The third-order valence-corrected chi connectivity index (χ3v) is 7.13. The molecule has 1 atom stereocenters. The summed E-state index contributed by atoms with van der Waals surface area (Å²) in [5.74, 6) is -0.748. The van der Waals surface area contributed by atoms with Crippen LogP contribution in [0.1, 0.15) is 39.0 Å². The Labute approximate surface area is 207 Å². The second-order valence-electron chi connectivity index (χ2n) is 8.97. The minimum atomic E-state index is -1.94. The molecule has 1 aliphatic heterocycles. The molecule has 34 heavy (non-hydrogen) atoms. The minimum Gasteiger partial charge on any atom is -0.375 e. The van der Waals surface area contributed by atoms with E-state index in [0.717, 1.165) is 31.9 Å². The van der Waals surface area contributed by atoms with E-state index in [1.807, 2.05) is 74.5 Å². The van der Waals surface area contributed by atoms with E-state index in [-0.39, 0.29) is 12.2 Å². The number of ketones is 1. The van der Waals surface area contributed by atoms with E-state index in [0.29, 0.717) is 23.4 Å². The van der Waals surface area contributed by atoms with E-state index in [4.69, 9.17) is 0 Å². The first-order chi connectivity index (χ1) is 16.3. The van der Waals surface area contributed by atoms with E-state index in [9.17, 15) is 14.7 Å². The summed E-state index contributed by atoms with van der Waals surface area (Å²) in [6.45, 7) is 4.35. The van der Waals surface area contributed by atoms with E-state index in [2.05, 4.69) is 22.0 Å². The fourth-order valence-electron chi connectivity index (χ4n) is 4.79. The molecule has 170 valence electrons. The molecule has 0 aliphatic carbocycles.